The summed E-state index contributed by atoms with van der Waals surface area (Å²) >= 11 is 9.58. The van der Waals surface area contributed by atoms with E-state index >= 15 is 0 Å². The van der Waals surface area contributed by atoms with Crippen LogP contribution in [0.25, 0.3) is 103 Å². The molecule has 0 aliphatic rings. The van der Waals surface area contributed by atoms with Crippen molar-refractivity contribution in [2.45, 2.75) is 0 Å². The second-order valence-electron chi connectivity index (χ2n) is 11.6. The van der Waals surface area contributed by atoms with E-state index in [1.54, 1.807) is 0 Å². The van der Waals surface area contributed by atoms with Crippen molar-refractivity contribution >= 4 is 137 Å². The molecule has 210 valence electrons. The molecule has 0 N–H and O–H groups in total. The predicted molar refractivity (Wildman–Crippen MR) is 207 cm³/mol. The van der Waals surface area contributed by atoms with Gasteiger partial charge in [-0.1, -0.05) is 72.8 Å². The second-order valence-corrected chi connectivity index (χ2v) is 16.5. The van der Waals surface area contributed by atoms with Crippen molar-refractivity contribution in [2.75, 3.05) is 0 Å². The molecule has 0 aliphatic carbocycles. The van der Waals surface area contributed by atoms with Crippen LogP contribution in [-0.2, 0) is 0 Å². The first-order valence-electron chi connectivity index (χ1n) is 14.9. The number of thiophene rings is 5. The number of hydrogen-bond donors (Lipinski definition) is 0. The molecule has 5 heteroatoms. The van der Waals surface area contributed by atoms with Gasteiger partial charge < -0.3 is 0 Å². The fraction of sp³-hybridized carbons (Fsp3) is 0. The molecule has 6 aromatic carbocycles. The minimum absolute atomic E-state index is 1.34. The van der Waals surface area contributed by atoms with Gasteiger partial charge in [0.05, 0.1) is 18.8 Å². The Balaban J connectivity index is 1.25. The molecular formula is C40H20S5. The molecule has 0 spiro atoms. The summed E-state index contributed by atoms with van der Waals surface area (Å²) in [6.45, 7) is 0. The van der Waals surface area contributed by atoms with E-state index in [0.29, 0.717) is 0 Å². The quantitative estimate of drug-likeness (QED) is 0.173. The van der Waals surface area contributed by atoms with Gasteiger partial charge in [-0.25, -0.2) is 0 Å². The van der Waals surface area contributed by atoms with E-state index in [2.05, 4.69) is 120 Å². The molecular weight excluding hydrogens is 641 g/mol. The minimum atomic E-state index is 1.34. The molecule has 11 rings (SSSR count). The summed E-state index contributed by atoms with van der Waals surface area (Å²) in [5.41, 5.74) is 5.36. The van der Waals surface area contributed by atoms with Crippen LogP contribution in [0.5, 0.6) is 0 Å². The lowest BCUT2D eigenvalue weighted by molar-refractivity contribution is 1.78. The summed E-state index contributed by atoms with van der Waals surface area (Å²) < 4.78 is 11.1. The average Bonchev–Trinajstić information content (AvgIpc) is 3.91. The fourth-order valence-corrected chi connectivity index (χ4v) is 13.2. The number of fused-ring (bicyclic) bond motifs is 13. The van der Waals surface area contributed by atoms with E-state index in [1.165, 1.54) is 103 Å². The minimum Gasteiger partial charge on any atom is -0.142 e. The van der Waals surface area contributed by atoms with Crippen LogP contribution in [-0.4, -0.2) is 0 Å². The molecule has 5 heterocycles. The molecule has 0 amide bonds. The Labute approximate surface area is 277 Å². The van der Waals surface area contributed by atoms with E-state index in [4.69, 9.17) is 0 Å². The predicted octanol–water partition coefficient (Wildman–Crippen LogP) is 14.6. The summed E-state index contributed by atoms with van der Waals surface area (Å²) in [4.78, 5) is 0. The molecule has 0 saturated carbocycles. The van der Waals surface area contributed by atoms with Crippen LogP contribution in [0.15, 0.2) is 120 Å². The first kappa shape index (κ1) is 25.1. The molecule has 0 saturated heterocycles. The van der Waals surface area contributed by atoms with Gasteiger partial charge in [-0.05, 0) is 58.3 Å². The molecule has 11 aromatic rings. The monoisotopic (exact) mass is 660 g/mol. The van der Waals surface area contributed by atoms with Crippen molar-refractivity contribution in [3.63, 3.8) is 0 Å². The fourth-order valence-electron chi connectivity index (χ4n) is 7.28. The number of benzene rings is 6. The van der Waals surface area contributed by atoms with E-state index < -0.39 is 0 Å². The lowest BCUT2D eigenvalue weighted by Gasteiger charge is -2.09. The van der Waals surface area contributed by atoms with E-state index in [9.17, 15) is 0 Å². The molecule has 0 fully saturated rings. The maximum atomic E-state index is 2.51. The van der Waals surface area contributed by atoms with Crippen LogP contribution in [0, 0.1) is 0 Å². The highest BCUT2D eigenvalue weighted by Gasteiger charge is 2.21. The lowest BCUT2D eigenvalue weighted by atomic mass is 9.95. The van der Waals surface area contributed by atoms with Gasteiger partial charge in [-0.3, -0.25) is 0 Å². The first-order chi connectivity index (χ1) is 22.3. The van der Waals surface area contributed by atoms with E-state index in [1.807, 2.05) is 56.7 Å². The number of hydrogen-bond acceptors (Lipinski definition) is 5. The summed E-state index contributed by atoms with van der Waals surface area (Å²) in [6, 6.07) is 41.0. The third-order valence-corrected chi connectivity index (χ3v) is 15.1. The van der Waals surface area contributed by atoms with Gasteiger partial charge in [-0.15, -0.1) is 56.7 Å². The Morgan fingerprint density at radius 2 is 0.756 bits per heavy atom. The van der Waals surface area contributed by atoms with Crippen molar-refractivity contribution < 1.29 is 0 Å². The molecule has 45 heavy (non-hydrogen) atoms. The third-order valence-electron chi connectivity index (χ3n) is 9.27. The molecule has 0 atom stereocenters. The van der Waals surface area contributed by atoms with E-state index in [-0.39, 0.29) is 0 Å². The summed E-state index contributed by atoms with van der Waals surface area (Å²) in [5.74, 6) is 0. The van der Waals surface area contributed by atoms with Crippen LogP contribution in [0.4, 0.5) is 0 Å². The Morgan fingerprint density at radius 1 is 0.289 bits per heavy atom. The van der Waals surface area contributed by atoms with Crippen LogP contribution in [0.2, 0.25) is 0 Å². The van der Waals surface area contributed by atoms with Crippen LogP contribution in [0.1, 0.15) is 0 Å². The Bertz CT molecular complexity index is 2790. The summed E-state index contributed by atoms with van der Waals surface area (Å²) in [5, 5.41) is 15.4. The van der Waals surface area contributed by atoms with Gasteiger partial charge in [-0.2, -0.15) is 0 Å². The van der Waals surface area contributed by atoms with Gasteiger partial charge in [0.15, 0.2) is 0 Å². The van der Waals surface area contributed by atoms with Crippen molar-refractivity contribution in [1.29, 1.82) is 0 Å². The van der Waals surface area contributed by atoms with Crippen molar-refractivity contribution in [3.8, 4) is 22.3 Å². The summed E-state index contributed by atoms with van der Waals surface area (Å²) in [6.07, 6.45) is 0. The molecule has 0 nitrogen and oxygen atoms in total. The average molecular weight is 661 g/mol. The maximum absolute atomic E-state index is 2.51. The Morgan fingerprint density at radius 3 is 1.27 bits per heavy atom. The van der Waals surface area contributed by atoms with Crippen LogP contribution < -0.4 is 0 Å². The smallest absolute Gasteiger partial charge is 0.0534 e. The lowest BCUT2D eigenvalue weighted by Crippen LogP contribution is -1.82. The zero-order valence-corrected chi connectivity index (χ0v) is 27.7. The summed E-state index contributed by atoms with van der Waals surface area (Å²) in [7, 11) is 0. The Hall–Kier alpha value is -4.10. The van der Waals surface area contributed by atoms with Crippen LogP contribution in [0.3, 0.4) is 0 Å². The molecule has 5 aromatic heterocycles. The Kier molecular flexibility index (Phi) is 5.15. The van der Waals surface area contributed by atoms with E-state index in [0.717, 1.165) is 0 Å². The van der Waals surface area contributed by atoms with Gasteiger partial charge in [0.1, 0.15) is 0 Å². The highest BCUT2D eigenvalue weighted by atomic mass is 32.1. The molecule has 0 bridgehead atoms. The largest absolute Gasteiger partial charge is 0.142 e. The maximum Gasteiger partial charge on any atom is 0.0534 e. The van der Waals surface area contributed by atoms with Gasteiger partial charge >= 0.3 is 0 Å². The molecule has 0 aliphatic heterocycles. The van der Waals surface area contributed by atoms with Gasteiger partial charge in [0, 0.05) is 73.0 Å². The zero-order chi connectivity index (χ0) is 29.2. The van der Waals surface area contributed by atoms with Gasteiger partial charge in [0.2, 0.25) is 0 Å². The topological polar surface area (TPSA) is 0 Å². The molecule has 0 radical (unpaired) electrons. The standard InChI is InChI=1S/C40H20S5/c1-3-13-33-21(7-1)23-9-5-11-25(35(23)43-33)29-19-31-32-20-30(26-12-6-10-24-22-8-2-4-14-34(22)44-36(24)26)28-16-18-42-38(28)40(32)45-39(31)37-27(29)15-17-41-37/h1-20H. The SMILES string of the molecule is c1ccc2c(c1)sc1c(-c3cc4c5cc(-c6cccc7c6sc6ccccc67)c6ccsc6c5sc4c4sccc34)cccc12. The highest BCUT2D eigenvalue weighted by Crippen LogP contribution is 2.52. The third kappa shape index (κ3) is 3.40. The second kappa shape index (κ2) is 9.23. The number of rotatable bonds is 2. The highest BCUT2D eigenvalue weighted by molar-refractivity contribution is 7.34. The molecule has 0 unspecified atom stereocenters. The van der Waals surface area contributed by atoms with Crippen molar-refractivity contribution in [3.05, 3.63) is 120 Å². The van der Waals surface area contributed by atoms with Crippen LogP contribution >= 0.6 is 56.7 Å². The van der Waals surface area contributed by atoms with Crippen molar-refractivity contribution in [1.82, 2.24) is 0 Å². The normalized spacial score (nSPS) is 12.4. The zero-order valence-electron chi connectivity index (χ0n) is 23.6. The van der Waals surface area contributed by atoms with Crippen molar-refractivity contribution in [2.24, 2.45) is 0 Å². The van der Waals surface area contributed by atoms with Gasteiger partial charge in [0.25, 0.3) is 0 Å². The first-order valence-corrected chi connectivity index (χ1v) is 19.1.